The Hall–Kier alpha value is -1.17. The van der Waals surface area contributed by atoms with Crippen LogP contribution in [0.25, 0.3) is 0 Å². The van der Waals surface area contributed by atoms with E-state index < -0.39 is 11.0 Å². The van der Waals surface area contributed by atoms with E-state index >= 15 is 0 Å². The molecule has 0 aromatic rings. The fourth-order valence-electron chi connectivity index (χ4n) is 1.81. The summed E-state index contributed by atoms with van der Waals surface area (Å²) in [7, 11) is 0. The average molecular weight is 216 g/mol. The summed E-state index contributed by atoms with van der Waals surface area (Å²) in [6.45, 7) is 2.38. The molecule has 86 valence electrons. The molecule has 0 aromatic heterocycles. The van der Waals surface area contributed by atoms with Crippen LogP contribution in [0, 0.1) is 10.1 Å². The van der Waals surface area contributed by atoms with Crippen molar-refractivity contribution in [2.24, 2.45) is 0 Å². The maximum atomic E-state index is 11.5. The second-order valence-electron chi connectivity index (χ2n) is 3.55. The molecule has 0 bridgehead atoms. The summed E-state index contributed by atoms with van der Waals surface area (Å²) in [6, 6.07) is -0.427. The van der Waals surface area contributed by atoms with Gasteiger partial charge in [0.05, 0.1) is 6.61 Å². The highest BCUT2D eigenvalue weighted by Crippen LogP contribution is 2.17. The first-order chi connectivity index (χ1) is 7.15. The zero-order valence-electron chi connectivity index (χ0n) is 8.85. The Kier molecular flexibility index (Phi) is 4.48. The molecule has 0 spiro atoms. The first-order valence-corrected chi connectivity index (χ1v) is 5.17. The minimum atomic E-state index is -0.427. The number of carbonyl (C=O) groups is 1. The van der Waals surface area contributed by atoms with Crippen LogP contribution in [0.2, 0.25) is 0 Å². The minimum absolute atomic E-state index is 0.274. The minimum Gasteiger partial charge on any atom is -0.465 e. The second kappa shape index (κ2) is 5.65. The SMILES string of the molecule is CCOC(=O)[C@H]1CCCCN1C[N+](=O)[O-]. The molecule has 0 aromatic carbocycles. The largest absolute Gasteiger partial charge is 0.465 e. The molecule has 15 heavy (non-hydrogen) atoms. The van der Waals surface area contributed by atoms with Crippen molar-refractivity contribution in [1.29, 1.82) is 0 Å². The maximum absolute atomic E-state index is 11.5. The van der Waals surface area contributed by atoms with Crippen LogP contribution in [-0.4, -0.2) is 41.7 Å². The standard InChI is InChI=1S/C9H16N2O4/c1-2-15-9(12)8-5-3-4-6-10(8)7-11(13)14/h8H,2-7H2,1H3/t8-/m1/s1. The van der Waals surface area contributed by atoms with Crippen molar-refractivity contribution in [1.82, 2.24) is 4.90 Å². The molecule has 1 saturated heterocycles. The maximum Gasteiger partial charge on any atom is 0.323 e. The molecule has 1 atom stereocenters. The van der Waals surface area contributed by atoms with Crippen LogP contribution < -0.4 is 0 Å². The van der Waals surface area contributed by atoms with E-state index in [1.807, 2.05) is 0 Å². The second-order valence-corrected chi connectivity index (χ2v) is 3.55. The van der Waals surface area contributed by atoms with Crippen molar-refractivity contribution in [2.75, 3.05) is 19.8 Å². The number of carbonyl (C=O) groups excluding carboxylic acids is 1. The Labute approximate surface area is 88.3 Å². The number of hydrogen-bond acceptors (Lipinski definition) is 5. The predicted octanol–water partition coefficient (Wildman–Crippen LogP) is 0.638. The average Bonchev–Trinajstić information content (AvgIpc) is 2.18. The first-order valence-electron chi connectivity index (χ1n) is 5.17. The number of hydrogen-bond donors (Lipinski definition) is 0. The topological polar surface area (TPSA) is 72.7 Å². The monoisotopic (exact) mass is 216 g/mol. The molecule has 0 unspecified atom stereocenters. The molecule has 1 heterocycles. The van der Waals surface area contributed by atoms with Crippen molar-refractivity contribution < 1.29 is 14.5 Å². The van der Waals surface area contributed by atoms with E-state index in [4.69, 9.17) is 4.74 Å². The summed E-state index contributed by atoms with van der Waals surface area (Å²) in [5.74, 6) is -0.334. The third-order valence-electron chi connectivity index (χ3n) is 2.47. The highest BCUT2D eigenvalue weighted by molar-refractivity contribution is 5.75. The molecule has 1 fully saturated rings. The van der Waals surface area contributed by atoms with Gasteiger partial charge in [0.15, 0.2) is 0 Å². The number of nitro groups is 1. The lowest BCUT2D eigenvalue weighted by Crippen LogP contribution is -2.47. The lowest BCUT2D eigenvalue weighted by molar-refractivity contribution is -0.506. The van der Waals surface area contributed by atoms with Gasteiger partial charge in [-0.25, -0.2) is 4.90 Å². The Morgan fingerprint density at radius 1 is 1.60 bits per heavy atom. The van der Waals surface area contributed by atoms with E-state index in [0.717, 1.165) is 12.8 Å². The van der Waals surface area contributed by atoms with Crippen LogP contribution in [0.3, 0.4) is 0 Å². The molecule has 1 rings (SSSR count). The van der Waals surface area contributed by atoms with E-state index in [-0.39, 0.29) is 12.6 Å². The molecular weight excluding hydrogens is 200 g/mol. The van der Waals surface area contributed by atoms with Crippen molar-refractivity contribution in [3.05, 3.63) is 10.1 Å². The summed E-state index contributed by atoms with van der Waals surface area (Å²) >= 11 is 0. The van der Waals surface area contributed by atoms with E-state index in [1.165, 1.54) is 0 Å². The molecule has 6 nitrogen and oxygen atoms in total. The van der Waals surface area contributed by atoms with Gasteiger partial charge in [0.2, 0.25) is 0 Å². The third kappa shape index (κ3) is 3.47. The van der Waals surface area contributed by atoms with Gasteiger partial charge in [0, 0.05) is 11.5 Å². The smallest absolute Gasteiger partial charge is 0.323 e. The number of esters is 1. The van der Waals surface area contributed by atoms with Crippen LogP contribution in [0.15, 0.2) is 0 Å². The van der Waals surface area contributed by atoms with Crippen LogP contribution in [0.1, 0.15) is 26.2 Å². The number of piperidine rings is 1. The molecule has 0 amide bonds. The Bertz CT molecular complexity index is 244. The lowest BCUT2D eigenvalue weighted by atomic mass is 10.0. The fourth-order valence-corrected chi connectivity index (χ4v) is 1.81. The van der Waals surface area contributed by atoms with Crippen LogP contribution in [-0.2, 0) is 9.53 Å². The number of likely N-dealkylation sites (tertiary alicyclic amines) is 1. The van der Waals surface area contributed by atoms with Crippen molar-refractivity contribution in [2.45, 2.75) is 32.2 Å². The van der Waals surface area contributed by atoms with Gasteiger partial charge in [-0.15, -0.1) is 0 Å². The van der Waals surface area contributed by atoms with Crippen LogP contribution in [0.4, 0.5) is 0 Å². The summed E-state index contributed by atoms with van der Waals surface area (Å²) < 4.78 is 4.89. The third-order valence-corrected chi connectivity index (χ3v) is 2.47. The Balaban J connectivity index is 2.56. The van der Waals surface area contributed by atoms with Gasteiger partial charge in [0.1, 0.15) is 6.04 Å². The van der Waals surface area contributed by atoms with Crippen LogP contribution >= 0.6 is 0 Å². The highest BCUT2D eigenvalue weighted by atomic mass is 16.6. The molecule has 0 radical (unpaired) electrons. The zero-order chi connectivity index (χ0) is 11.3. The Morgan fingerprint density at radius 3 is 2.93 bits per heavy atom. The van der Waals surface area contributed by atoms with Crippen molar-refractivity contribution >= 4 is 5.97 Å². The van der Waals surface area contributed by atoms with E-state index in [9.17, 15) is 14.9 Å². The van der Waals surface area contributed by atoms with E-state index in [2.05, 4.69) is 0 Å². The molecule has 0 aliphatic carbocycles. The van der Waals surface area contributed by atoms with Crippen molar-refractivity contribution in [3.63, 3.8) is 0 Å². The molecule has 1 aliphatic heterocycles. The first kappa shape index (κ1) is 11.9. The van der Waals surface area contributed by atoms with E-state index in [1.54, 1.807) is 11.8 Å². The number of rotatable bonds is 4. The molecule has 6 heteroatoms. The molecule has 0 N–H and O–H groups in total. The van der Waals surface area contributed by atoms with Gasteiger partial charge >= 0.3 is 5.97 Å². The Morgan fingerprint density at radius 2 is 2.33 bits per heavy atom. The van der Waals surface area contributed by atoms with Gasteiger partial charge in [-0.3, -0.25) is 14.9 Å². The number of ether oxygens (including phenoxy) is 1. The lowest BCUT2D eigenvalue weighted by Gasteiger charge is -2.30. The van der Waals surface area contributed by atoms with Gasteiger partial charge in [-0.2, -0.15) is 0 Å². The zero-order valence-corrected chi connectivity index (χ0v) is 8.85. The van der Waals surface area contributed by atoms with Gasteiger partial charge in [-0.05, 0) is 19.8 Å². The molecule has 1 aliphatic rings. The van der Waals surface area contributed by atoms with E-state index in [0.29, 0.717) is 19.6 Å². The summed E-state index contributed by atoms with van der Waals surface area (Å²) in [6.07, 6.45) is 2.49. The molecular formula is C9H16N2O4. The summed E-state index contributed by atoms with van der Waals surface area (Å²) in [4.78, 5) is 23.1. The molecule has 0 saturated carbocycles. The van der Waals surface area contributed by atoms with Gasteiger partial charge < -0.3 is 4.74 Å². The van der Waals surface area contributed by atoms with Crippen LogP contribution in [0.5, 0.6) is 0 Å². The quantitative estimate of drug-likeness (QED) is 0.391. The number of nitrogens with zero attached hydrogens (tertiary/aromatic N) is 2. The van der Waals surface area contributed by atoms with Gasteiger partial charge in [0.25, 0.3) is 6.67 Å². The highest BCUT2D eigenvalue weighted by Gasteiger charge is 2.32. The summed E-state index contributed by atoms with van der Waals surface area (Å²) in [5.41, 5.74) is 0. The summed E-state index contributed by atoms with van der Waals surface area (Å²) in [5, 5.41) is 10.4. The normalized spacial score (nSPS) is 22.3. The fraction of sp³-hybridized carbons (Fsp3) is 0.889. The van der Waals surface area contributed by atoms with Gasteiger partial charge in [-0.1, -0.05) is 6.42 Å². The predicted molar refractivity (Wildman–Crippen MR) is 52.8 cm³/mol. The van der Waals surface area contributed by atoms with Crippen molar-refractivity contribution in [3.8, 4) is 0 Å².